The van der Waals surface area contributed by atoms with Crippen molar-refractivity contribution in [1.29, 1.82) is 0 Å². The Kier molecular flexibility index (Phi) is 3.55. The lowest BCUT2D eigenvalue weighted by molar-refractivity contribution is 0.0928. The van der Waals surface area contributed by atoms with Gasteiger partial charge in [0.15, 0.2) is 0 Å². The number of rotatable bonds is 1. The van der Waals surface area contributed by atoms with Gasteiger partial charge in [0.2, 0.25) is 0 Å². The molecule has 6 heteroatoms. The van der Waals surface area contributed by atoms with E-state index in [1.807, 2.05) is 17.6 Å². The number of benzene rings is 2. The number of carbonyl (C=O) groups excluding carboxylic acids is 1. The quantitative estimate of drug-likeness (QED) is 0.662. The molecular weight excluding hydrogens is 350 g/mol. The molecule has 0 atom stereocenters. The second-order valence-corrected chi connectivity index (χ2v) is 6.70. The fourth-order valence-corrected chi connectivity index (χ4v) is 3.72. The van der Waals surface area contributed by atoms with Crippen molar-refractivity contribution < 1.29 is 9.18 Å². The van der Waals surface area contributed by atoms with E-state index >= 15 is 0 Å². The molecule has 1 aliphatic heterocycles. The number of nitrogens with zero attached hydrogens (tertiary/aromatic N) is 1. The predicted molar refractivity (Wildman–Crippen MR) is 94.4 cm³/mol. The van der Waals surface area contributed by atoms with Crippen molar-refractivity contribution in [3.63, 3.8) is 0 Å². The molecule has 1 aliphatic rings. The first-order valence-electron chi connectivity index (χ1n) is 7.53. The molecule has 2 heterocycles. The molecule has 0 saturated carbocycles. The van der Waals surface area contributed by atoms with Crippen LogP contribution in [0.1, 0.15) is 16.1 Å². The predicted octanol–water partition coefficient (Wildman–Crippen LogP) is 4.81. The van der Waals surface area contributed by atoms with E-state index in [2.05, 4.69) is 5.32 Å². The van der Waals surface area contributed by atoms with Crippen molar-refractivity contribution in [1.82, 2.24) is 9.88 Å². The third-order valence-electron chi connectivity index (χ3n) is 4.44. The highest BCUT2D eigenvalue weighted by atomic mass is 35.5. The van der Waals surface area contributed by atoms with Crippen molar-refractivity contribution in [2.45, 2.75) is 13.5 Å². The Balaban J connectivity index is 2.10. The van der Waals surface area contributed by atoms with Crippen LogP contribution in [0.15, 0.2) is 30.3 Å². The van der Waals surface area contributed by atoms with Gasteiger partial charge in [-0.05, 0) is 42.3 Å². The molecule has 2 aromatic carbocycles. The minimum atomic E-state index is -0.484. The van der Waals surface area contributed by atoms with E-state index in [-0.39, 0.29) is 10.9 Å². The summed E-state index contributed by atoms with van der Waals surface area (Å²) in [7, 11) is 0. The summed E-state index contributed by atoms with van der Waals surface area (Å²) < 4.78 is 15.9. The van der Waals surface area contributed by atoms with Crippen molar-refractivity contribution in [2.24, 2.45) is 0 Å². The number of aromatic nitrogens is 1. The summed E-state index contributed by atoms with van der Waals surface area (Å²) in [6, 6.07) is 8.32. The minimum Gasteiger partial charge on any atom is -0.349 e. The molecule has 1 N–H and O–H groups in total. The van der Waals surface area contributed by atoms with Gasteiger partial charge in [-0.25, -0.2) is 4.39 Å². The zero-order valence-corrected chi connectivity index (χ0v) is 14.3. The molecule has 0 spiro atoms. The molecule has 0 radical (unpaired) electrons. The molecule has 0 unspecified atom stereocenters. The van der Waals surface area contributed by atoms with Crippen molar-refractivity contribution >= 4 is 40.0 Å². The van der Waals surface area contributed by atoms with Gasteiger partial charge in [-0.3, -0.25) is 4.79 Å². The van der Waals surface area contributed by atoms with E-state index in [1.165, 1.54) is 12.1 Å². The number of hydrogen-bond donors (Lipinski definition) is 1. The van der Waals surface area contributed by atoms with Crippen molar-refractivity contribution in [3.05, 3.63) is 57.5 Å². The maximum absolute atomic E-state index is 13.9. The number of fused-ring (bicyclic) bond motifs is 3. The molecule has 0 saturated heterocycles. The first-order valence-corrected chi connectivity index (χ1v) is 8.29. The highest BCUT2D eigenvalue weighted by Crippen LogP contribution is 2.38. The number of amides is 1. The Morgan fingerprint density at radius 1 is 1.21 bits per heavy atom. The Morgan fingerprint density at radius 3 is 2.75 bits per heavy atom. The monoisotopic (exact) mass is 362 g/mol. The maximum Gasteiger partial charge on any atom is 0.268 e. The Labute approximate surface area is 148 Å². The van der Waals surface area contributed by atoms with Gasteiger partial charge in [0.05, 0.1) is 10.5 Å². The fraction of sp³-hybridized carbons (Fsp3) is 0.167. The van der Waals surface area contributed by atoms with Gasteiger partial charge >= 0.3 is 0 Å². The average molecular weight is 363 g/mol. The standard InChI is InChI=1S/C18H13Cl2FN2O/c1-9-12-7-11(19)8-13(10-2-3-14(20)15(21)6-10)17(12)23-5-4-22-18(24)16(9)23/h2-3,6-8H,4-5H2,1H3,(H,22,24). The lowest BCUT2D eigenvalue weighted by Gasteiger charge is -2.18. The van der Waals surface area contributed by atoms with Gasteiger partial charge in [-0.15, -0.1) is 0 Å². The topological polar surface area (TPSA) is 34.0 Å². The van der Waals surface area contributed by atoms with Crippen LogP contribution in [0.2, 0.25) is 10.0 Å². The molecule has 3 nitrogen and oxygen atoms in total. The largest absolute Gasteiger partial charge is 0.349 e. The van der Waals surface area contributed by atoms with E-state index < -0.39 is 5.82 Å². The van der Waals surface area contributed by atoms with Crippen LogP contribution in [0.25, 0.3) is 22.0 Å². The van der Waals surface area contributed by atoms with Crippen LogP contribution in [0, 0.1) is 12.7 Å². The summed E-state index contributed by atoms with van der Waals surface area (Å²) in [6.45, 7) is 3.13. The van der Waals surface area contributed by atoms with Crippen LogP contribution in [0.3, 0.4) is 0 Å². The Morgan fingerprint density at radius 2 is 2.00 bits per heavy atom. The van der Waals surface area contributed by atoms with Gasteiger partial charge in [0.25, 0.3) is 5.91 Å². The summed E-state index contributed by atoms with van der Waals surface area (Å²) in [5, 5.41) is 4.38. The summed E-state index contributed by atoms with van der Waals surface area (Å²) in [4.78, 5) is 12.3. The normalized spacial score (nSPS) is 13.9. The van der Waals surface area contributed by atoms with Gasteiger partial charge in [0, 0.05) is 29.1 Å². The number of nitrogens with one attached hydrogen (secondary N) is 1. The molecular formula is C18H13Cl2FN2O. The van der Waals surface area contributed by atoms with E-state index in [0.29, 0.717) is 29.4 Å². The van der Waals surface area contributed by atoms with E-state index in [0.717, 1.165) is 22.0 Å². The third kappa shape index (κ3) is 2.21. The smallest absolute Gasteiger partial charge is 0.268 e. The molecule has 1 amide bonds. The van der Waals surface area contributed by atoms with Crippen LogP contribution in [0.5, 0.6) is 0 Å². The first-order chi connectivity index (χ1) is 11.5. The van der Waals surface area contributed by atoms with Crippen molar-refractivity contribution in [3.8, 4) is 11.1 Å². The van der Waals surface area contributed by atoms with Crippen LogP contribution in [0.4, 0.5) is 4.39 Å². The lowest BCUT2D eigenvalue weighted by atomic mass is 10.0. The van der Waals surface area contributed by atoms with Crippen LogP contribution >= 0.6 is 23.2 Å². The van der Waals surface area contributed by atoms with Crippen LogP contribution in [-0.2, 0) is 6.54 Å². The van der Waals surface area contributed by atoms with Gasteiger partial charge in [-0.1, -0.05) is 29.3 Å². The molecule has 0 fully saturated rings. The maximum atomic E-state index is 13.9. The molecule has 122 valence electrons. The number of hydrogen-bond acceptors (Lipinski definition) is 1. The molecule has 3 aromatic rings. The SMILES string of the molecule is Cc1c2n(c3c(-c4ccc(Cl)c(F)c4)cc(Cl)cc13)CCNC2=O. The molecule has 1 aromatic heterocycles. The second-order valence-electron chi connectivity index (χ2n) is 5.86. The number of aryl methyl sites for hydroxylation is 1. The molecule has 0 aliphatic carbocycles. The van der Waals surface area contributed by atoms with Crippen molar-refractivity contribution in [2.75, 3.05) is 6.54 Å². The summed E-state index contributed by atoms with van der Waals surface area (Å²) in [5.41, 5.74) is 3.87. The van der Waals surface area contributed by atoms with E-state index in [4.69, 9.17) is 23.2 Å². The number of carbonyl (C=O) groups is 1. The van der Waals surface area contributed by atoms with Gasteiger partial charge in [0.1, 0.15) is 11.5 Å². The van der Waals surface area contributed by atoms with Gasteiger partial charge < -0.3 is 9.88 Å². The first kappa shape index (κ1) is 15.5. The van der Waals surface area contributed by atoms with E-state index in [1.54, 1.807) is 12.1 Å². The highest BCUT2D eigenvalue weighted by molar-refractivity contribution is 6.32. The molecule has 4 rings (SSSR count). The zero-order chi connectivity index (χ0) is 17.0. The lowest BCUT2D eigenvalue weighted by Crippen LogP contribution is -2.35. The molecule has 24 heavy (non-hydrogen) atoms. The minimum absolute atomic E-state index is 0.0739. The summed E-state index contributed by atoms with van der Waals surface area (Å²) >= 11 is 12.1. The average Bonchev–Trinajstić information content (AvgIpc) is 2.83. The van der Waals surface area contributed by atoms with Crippen LogP contribution < -0.4 is 5.32 Å². The fourth-order valence-electron chi connectivity index (χ4n) is 3.38. The third-order valence-corrected chi connectivity index (χ3v) is 4.97. The number of halogens is 3. The van der Waals surface area contributed by atoms with Gasteiger partial charge in [-0.2, -0.15) is 0 Å². The zero-order valence-electron chi connectivity index (χ0n) is 12.8. The molecule has 0 bridgehead atoms. The summed E-state index contributed by atoms with van der Waals surface area (Å²) in [5.74, 6) is -0.582. The van der Waals surface area contributed by atoms with Crippen LogP contribution in [-0.4, -0.2) is 17.0 Å². The summed E-state index contributed by atoms with van der Waals surface area (Å²) in [6.07, 6.45) is 0. The highest BCUT2D eigenvalue weighted by Gasteiger charge is 2.25. The second kappa shape index (κ2) is 5.50. The Bertz CT molecular complexity index is 1010. The van der Waals surface area contributed by atoms with E-state index in [9.17, 15) is 9.18 Å². The Hall–Kier alpha value is -2.04.